The number of hydrogen-bond acceptors (Lipinski definition) is 6. The molecule has 0 aliphatic carbocycles. The number of pyridine rings is 1. The third kappa shape index (κ3) is 3.74. The Balaban J connectivity index is 1.94. The SMILES string of the molecule is COC(=O)CCNc1ncc(-c2ccccn2)cn1. The summed E-state index contributed by atoms with van der Waals surface area (Å²) >= 11 is 0. The molecule has 0 amide bonds. The van der Waals surface area contributed by atoms with Crippen LogP contribution in [0.1, 0.15) is 6.42 Å². The molecule has 0 spiro atoms. The van der Waals surface area contributed by atoms with Gasteiger partial charge in [-0.1, -0.05) is 6.07 Å². The quantitative estimate of drug-likeness (QED) is 0.819. The Kier molecular flexibility index (Phi) is 4.39. The van der Waals surface area contributed by atoms with Gasteiger partial charge in [-0.05, 0) is 12.1 Å². The molecule has 2 aromatic rings. The number of nitrogens with zero attached hydrogens (tertiary/aromatic N) is 3. The maximum Gasteiger partial charge on any atom is 0.307 e. The summed E-state index contributed by atoms with van der Waals surface area (Å²) in [4.78, 5) is 23.5. The number of hydrogen-bond donors (Lipinski definition) is 1. The zero-order valence-electron chi connectivity index (χ0n) is 10.5. The minimum absolute atomic E-state index is 0.266. The van der Waals surface area contributed by atoms with Crippen molar-refractivity contribution in [1.82, 2.24) is 15.0 Å². The number of methoxy groups -OCH3 is 1. The highest BCUT2D eigenvalue weighted by molar-refractivity contribution is 5.69. The van der Waals surface area contributed by atoms with E-state index in [9.17, 15) is 4.79 Å². The number of esters is 1. The molecule has 2 heterocycles. The molecule has 0 saturated carbocycles. The van der Waals surface area contributed by atoms with Gasteiger partial charge in [-0.25, -0.2) is 9.97 Å². The van der Waals surface area contributed by atoms with E-state index in [1.54, 1.807) is 18.6 Å². The van der Waals surface area contributed by atoms with Gasteiger partial charge in [0.25, 0.3) is 0 Å². The predicted octanol–water partition coefficient (Wildman–Crippen LogP) is 1.51. The third-order valence-corrected chi connectivity index (χ3v) is 2.45. The second kappa shape index (κ2) is 6.44. The van der Waals surface area contributed by atoms with Gasteiger partial charge in [0.15, 0.2) is 0 Å². The first kappa shape index (κ1) is 12.9. The molecule has 0 aliphatic heterocycles. The molecule has 0 fully saturated rings. The summed E-state index contributed by atoms with van der Waals surface area (Å²) in [5.41, 5.74) is 1.67. The van der Waals surface area contributed by atoms with Gasteiger partial charge in [-0.2, -0.15) is 0 Å². The first-order chi connectivity index (χ1) is 9.29. The Labute approximate surface area is 110 Å². The van der Waals surface area contributed by atoms with Crippen LogP contribution in [0.2, 0.25) is 0 Å². The van der Waals surface area contributed by atoms with E-state index < -0.39 is 0 Å². The van der Waals surface area contributed by atoms with Gasteiger partial charge in [0, 0.05) is 30.7 Å². The zero-order chi connectivity index (χ0) is 13.5. The molecule has 0 radical (unpaired) electrons. The summed E-state index contributed by atoms with van der Waals surface area (Å²) < 4.78 is 4.54. The average Bonchev–Trinajstić information content (AvgIpc) is 2.48. The van der Waals surface area contributed by atoms with Crippen molar-refractivity contribution in [1.29, 1.82) is 0 Å². The Bertz CT molecular complexity index is 528. The summed E-state index contributed by atoms with van der Waals surface area (Å²) in [7, 11) is 1.36. The molecule has 1 N–H and O–H groups in total. The molecule has 0 aromatic carbocycles. The highest BCUT2D eigenvalue weighted by atomic mass is 16.5. The van der Waals surface area contributed by atoms with Gasteiger partial charge >= 0.3 is 5.97 Å². The number of carbonyl (C=O) groups excluding carboxylic acids is 1. The van der Waals surface area contributed by atoms with Crippen LogP contribution in [0.25, 0.3) is 11.3 Å². The van der Waals surface area contributed by atoms with E-state index in [-0.39, 0.29) is 12.4 Å². The van der Waals surface area contributed by atoms with E-state index in [0.29, 0.717) is 12.5 Å². The molecule has 2 aromatic heterocycles. The summed E-state index contributed by atoms with van der Waals surface area (Å²) in [6.07, 6.45) is 5.38. The molecule has 0 saturated heterocycles. The number of aromatic nitrogens is 3. The van der Waals surface area contributed by atoms with E-state index in [1.807, 2.05) is 18.2 Å². The Hall–Kier alpha value is -2.50. The van der Waals surface area contributed by atoms with E-state index in [2.05, 4.69) is 25.0 Å². The lowest BCUT2D eigenvalue weighted by Gasteiger charge is -2.04. The van der Waals surface area contributed by atoms with Crippen LogP contribution in [0.15, 0.2) is 36.8 Å². The molecule has 6 nitrogen and oxygen atoms in total. The van der Waals surface area contributed by atoms with Gasteiger partial charge in [0.2, 0.25) is 5.95 Å². The van der Waals surface area contributed by atoms with E-state index in [0.717, 1.165) is 11.3 Å². The molecular formula is C13H14N4O2. The molecule has 0 bridgehead atoms. The lowest BCUT2D eigenvalue weighted by Crippen LogP contribution is -2.11. The van der Waals surface area contributed by atoms with Crippen LogP contribution in [-0.2, 0) is 9.53 Å². The topological polar surface area (TPSA) is 77.0 Å². The van der Waals surface area contributed by atoms with Crippen molar-refractivity contribution >= 4 is 11.9 Å². The van der Waals surface area contributed by atoms with Crippen LogP contribution in [0, 0.1) is 0 Å². The summed E-state index contributed by atoms with van der Waals surface area (Å²) in [6.45, 7) is 0.440. The molecule has 0 atom stereocenters. The van der Waals surface area contributed by atoms with Gasteiger partial charge in [0.1, 0.15) is 0 Å². The van der Waals surface area contributed by atoms with Crippen molar-refractivity contribution < 1.29 is 9.53 Å². The Morgan fingerprint density at radius 1 is 1.26 bits per heavy atom. The summed E-state index contributed by atoms with van der Waals surface area (Å²) in [5.74, 6) is 0.209. The molecule has 2 rings (SSSR count). The Morgan fingerprint density at radius 3 is 2.68 bits per heavy atom. The summed E-state index contributed by atoms with van der Waals surface area (Å²) in [5, 5.41) is 2.95. The molecular weight excluding hydrogens is 244 g/mol. The Morgan fingerprint density at radius 2 is 2.05 bits per heavy atom. The molecule has 98 valence electrons. The number of carbonyl (C=O) groups is 1. The number of nitrogens with one attached hydrogen (secondary N) is 1. The third-order valence-electron chi connectivity index (χ3n) is 2.45. The smallest absolute Gasteiger partial charge is 0.307 e. The van der Waals surface area contributed by atoms with Crippen molar-refractivity contribution in [3.05, 3.63) is 36.8 Å². The molecule has 6 heteroatoms. The highest BCUT2D eigenvalue weighted by Crippen LogP contribution is 2.14. The van der Waals surface area contributed by atoms with Crippen LogP contribution >= 0.6 is 0 Å². The van der Waals surface area contributed by atoms with Gasteiger partial charge in [-0.15, -0.1) is 0 Å². The van der Waals surface area contributed by atoms with Crippen molar-refractivity contribution in [3.63, 3.8) is 0 Å². The van der Waals surface area contributed by atoms with Crippen LogP contribution in [-0.4, -0.2) is 34.6 Å². The van der Waals surface area contributed by atoms with E-state index >= 15 is 0 Å². The first-order valence-electron chi connectivity index (χ1n) is 5.84. The normalized spacial score (nSPS) is 9.95. The summed E-state index contributed by atoms with van der Waals surface area (Å²) in [6, 6.07) is 5.65. The fraction of sp³-hybridized carbons (Fsp3) is 0.231. The molecule has 0 unspecified atom stereocenters. The van der Waals surface area contributed by atoms with Crippen molar-refractivity contribution in [2.24, 2.45) is 0 Å². The largest absolute Gasteiger partial charge is 0.469 e. The lowest BCUT2D eigenvalue weighted by atomic mass is 10.2. The minimum atomic E-state index is -0.266. The van der Waals surface area contributed by atoms with Crippen LogP contribution in [0.4, 0.5) is 5.95 Å². The molecule has 0 aliphatic rings. The monoisotopic (exact) mass is 258 g/mol. The van der Waals surface area contributed by atoms with E-state index in [4.69, 9.17) is 0 Å². The second-order valence-electron chi connectivity index (χ2n) is 3.76. The number of rotatable bonds is 5. The van der Waals surface area contributed by atoms with Gasteiger partial charge in [-0.3, -0.25) is 9.78 Å². The van der Waals surface area contributed by atoms with Gasteiger partial charge in [0.05, 0.1) is 19.2 Å². The molecule has 19 heavy (non-hydrogen) atoms. The maximum absolute atomic E-state index is 10.9. The number of ether oxygens (including phenoxy) is 1. The van der Waals surface area contributed by atoms with Crippen LogP contribution < -0.4 is 5.32 Å². The first-order valence-corrected chi connectivity index (χ1v) is 5.84. The standard InChI is InChI=1S/C13H14N4O2/c1-19-12(18)5-7-15-13-16-8-10(9-17-13)11-4-2-3-6-14-11/h2-4,6,8-9H,5,7H2,1H3,(H,15,16,17). The van der Waals surface area contributed by atoms with Gasteiger partial charge < -0.3 is 10.1 Å². The van der Waals surface area contributed by atoms with E-state index in [1.165, 1.54) is 7.11 Å². The van der Waals surface area contributed by atoms with Crippen molar-refractivity contribution in [2.45, 2.75) is 6.42 Å². The minimum Gasteiger partial charge on any atom is -0.469 e. The average molecular weight is 258 g/mol. The number of anilines is 1. The maximum atomic E-state index is 10.9. The second-order valence-corrected chi connectivity index (χ2v) is 3.76. The lowest BCUT2D eigenvalue weighted by molar-refractivity contribution is -0.140. The fourth-order valence-corrected chi connectivity index (χ4v) is 1.46. The highest BCUT2D eigenvalue weighted by Gasteiger charge is 2.02. The van der Waals surface area contributed by atoms with Crippen molar-refractivity contribution in [3.8, 4) is 11.3 Å². The van der Waals surface area contributed by atoms with Crippen LogP contribution in [0.3, 0.4) is 0 Å². The van der Waals surface area contributed by atoms with Crippen LogP contribution in [0.5, 0.6) is 0 Å². The zero-order valence-corrected chi connectivity index (χ0v) is 10.5. The van der Waals surface area contributed by atoms with Crippen molar-refractivity contribution in [2.75, 3.05) is 19.0 Å². The predicted molar refractivity (Wildman–Crippen MR) is 70.4 cm³/mol. The fourth-order valence-electron chi connectivity index (χ4n) is 1.46.